The van der Waals surface area contributed by atoms with Crippen LogP contribution in [0.2, 0.25) is 0 Å². The van der Waals surface area contributed by atoms with Crippen molar-refractivity contribution in [2.24, 2.45) is 0 Å². The third-order valence-corrected chi connectivity index (χ3v) is 4.53. The van der Waals surface area contributed by atoms with Crippen molar-refractivity contribution in [3.05, 3.63) is 47.5 Å². The molecule has 1 atom stereocenters. The minimum atomic E-state index is -0.136. The summed E-state index contributed by atoms with van der Waals surface area (Å²) in [5.74, 6) is 2.73. The molecule has 158 valence electrons. The molecule has 0 aromatic heterocycles. The van der Waals surface area contributed by atoms with E-state index >= 15 is 0 Å². The Morgan fingerprint density at radius 1 is 0.897 bits per heavy atom. The van der Waals surface area contributed by atoms with Crippen LogP contribution in [0.4, 0.5) is 0 Å². The molecular weight excluding hydrogens is 370 g/mol. The maximum absolute atomic E-state index is 12.4. The van der Waals surface area contributed by atoms with E-state index < -0.39 is 0 Å². The van der Waals surface area contributed by atoms with Crippen LogP contribution in [0.3, 0.4) is 0 Å². The predicted octanol–water partition coefficient (Wildman–Crippen LogP) is 4.31. The molecule has 2 aromatic carbocycles. The van der Waals surface area contributed by atoms with E-state index in [1.165, 1.54) is 0 Å². The summed E-state index contributed by atoms with van der Waals surface area (Å²) in [5.41, 5.74) is 1.99. The summed E-state index contributed by atoms with van der Waals surface area (Å²) in [4.78, 5) is 12.4. The van der Waals surface area contributed by atoms with Crippen molar-refractivity contribution in [3.8, 4) is 23.0 Å². The van der Waals surface area contributed by atoms with Crippen molar-refractivity contribution in [1.82, 2.24) is 5.32 Å². The fraction of sp³-hybridized carbons (Fsp3) is 0.435. The largest absolute Gasteiger partial charge is 0.493 e. The van der Waals surface area contributed by atoms with Gasteiger partial charge in [-0.2, -0.15) is 0 Å². The van der Waals surface area contributed by atoms with E-state index in [0.717, 1.165) is 11.1 Å². The Hall–Kier alpha value is -2.89. The fourth-order valence-electron chi connectivity index (χ4n) is 3.03. The minimum absolute atomic E-state index is 0.0147. The number of benzene rings is 2. The molecule has 6 nitrogen and oxygen atoms in total. The van der Waals surface area contributed by atoms with Crippen molar-refractivity contribution in [3.63, 3.8) is 0 Å². The van der Waals surface area contributed by atoms with Crippen LogP contribution >= 0.6 is 0 Å². The van der Waals surface area contributed by atoms with Gasteiger partial charge in [-0.25, -0.2) is 0 Å². The number of carbonyl (C=O) groups excluding carboxylic acids is 1. The predicted molar refractivity (Wildman–Crippen MR) is 113 cm³/mol. The molecule has 0 saturated heterocycles. The van der Waals surface area contributed by atoms with Gasteiger partial charge in [0.15, 0.2) is 23.0 Å². The number of rotatable bonds is 11. The number of carbonyl (C=O) groups is 1. The number of nitrogens with one attached hydrogen (secondary N) is 1. The number of methoxy groups -OCH3 is 2. The number of ether oxygens (including phenoxy) is 4. The van der Waals surface area contributed by atoms with Gasteiger partial charge in [0.2, 0.25) is 5.91 Å². The Morgan fingerprint density at radius 2 is 1.55 bits per heavy atom. The van der Waals surface area contributed by atoms with Gasteiger partial charge in [-0.05, 0) is 62.6 Å². The molecule has 2 aromatic rings. The van der Waals surface area contributed by atoms with Gasteiger partial charge in [-0.3, -0.25) is 4.79 Å². The van der Waals surface area contributed by atoms with Crippen LogP contribution < -0.4 is 24.3 Å². The first-order valence-electron chi connectivity index (χ1n) is 9.92. The molecule has 6 heteroatoms. The first-order chi connectivity index (χ1) is 14.0. The minimum Gasteiger partial charge on any atom is -0.493 e. The molecule has 0 heterocycles. The summed E-state index contributed by atoms with van der Waals surface area (Å²) in [6.45, 7) is 6.95. The first-order valence-corrected chi connectivity index (χ1v) is 9.92. The zero-order valence-corrected chi connectivity index (χ0v) is 17.9. The molecule has 0 saturated carbocycles. The van der Waals surface area contributed by atoms with Gasteiger partial charge in [0.25, 0.3) is 0 Å². The topological polar surface area (TPSA) is 66.0 Å². The number of hydrogen-bond donors (Lipinski definition) is 1. The van der Waals surface area contributed by atoms with E-state index in [9.17, 15) is 4.79 Å². The highest BCUT2D eigenvalue weighted by Gasteiger charge is 2.14. The van der Waals surface area contributed by atoms with Gasteiger partial charge in [-0.1, -0.05) is 12.1 Å². The van der Waals surface area contributed by atoms with Gasteiger partial charge in [0.1, 0.15) is 0 Å². The molecule has 0 spiro atoms. The summed E-state index contributed by atoms with van der Waals surface area (Å²) >= 11 is 0. The molecule has 0 unspecified atom stereocenters. The van der Waals surface area contributed by atoms with E-state index in [1.807, 2.05) is 57.2 Å². The fourth-order valence-corrected chi connectivity index (χ4v) is 3.03. The second-order valence-corrected chi connectivity index (χ2v) is 6.55. The maximum atomic E-state index is 12.4. The highest BCUT2D eigenvalue weighted by Crippen LogP contribution is 2.31. The molecule has 29 heavy (non-hydrogen) atoms. The lowest BCUT2D eigenvalue weighted by atomic mass is 10.1. The molecule has 2 rings (SSSR count). The lowest BCUT2D eigenvalue weighted by Gasteiger charge is -2.17. The Kier molecular flexibility index (Phi) is 8.65. The van der Waals surface area contributed by atoms with Crippen molar-refractivity contribution < 1.29 is 23.7 Å². The molecule has 0 bridgehead atoms. The lowest BCUT2D eigenvalue weighted by molar-refractivity contribution is -0.121. The molecule has 1 amide bonds. The summed E-state index contributed by atoms with van der Waals surface area (Å²) in [5, 5.41) is 3.05. The van der Waals surface area contributed by atoms with E-state index in [2.05, 4.69) is 5.32 Å². The van der Waals surface area contributed by atoms with Crippen LogP contribution in [0.1, 0.15) is 44.4 Å². The van der Waals surface area contributed by atoms with Crippen LogP contribution in [-0.2, 0) is 11.2 Å². The SMILES string of the molecule is CCOc1ccc([C@H](C)NC(=O)CCc2ccc(OC)c(OC)c2)cc1OCC. The number of amides is 1. The van der Waals surface area contributed by atoms with Gasteiger partial charge in [-0.15, -0.1) is 0 Å². The van der Waals surface area contributed by atoms with Crippen LogP contribution in [0.25, 0.3) is 0 Å². The Morgan fingerprint density at radius 3 is 2.21 bits per heavy atom. The summed E-state index contributed by atoms with van der Waals surface area (Å²) in [7, 11) is 3.20. The highest BCUT2D eigenvalue weighted by atomic mass is 16.5. The molecule has 1 N–H and O–H groups in total. The van der Waals surface area contributed by atoms with Crippen molar-refractivity contribution >= 4 is 5.91 Å². The monoisotopic (exact) mass is 401 g/mol. The van der Waals surface area contributed by atoms with Crippen LogP contribution in [0, 0.1) is 0 Å². The molecular formula is C23H31NO5. The molecule has 0 aliphatic carbocycles. The van der Waals surface area contributed by atoms with Crippen LogP contribution in [-0.4, -0.2) is 33.3 Å². The molecule has 0 aliphatic rings. The molecule has 0 aliphatic heterocycles. The summed E-state index contributed by atoms with van der Waals surface area (Å²) in [6, 6.07) is 11.3. The van der Waals surface area contributed by atoms with Gasteiger partial charge >= 0.3 is 0 Å². The van der Waals surface area contributed by atoms with E-state index in [1.54, 1.807) is 14.2 Å². The van der Waals surface area contributed by atoms with E-state index in [4.69, 9.17) is 18.9 Å². The van der Waals surface area contributed by atoms with Gasteiger partial charge in [0.05, 0.1) is 33.5 Å². The summed E-state index contributed by atoms with van der Waals surface area (Å²) in [6.07, 6.45) is 1.00. The normalized spacial score (nSPS) is 11.5. The molecule has 0 radical (unpaired) electrons. The zero-order valence-electron chi connectivity index (χ0n) is 17.9. The maximum Gasteiger partial charge on any atom is 0.220 e. The first kappa shape index (κ1) is 22.4. The Labute approximate surface area is 173 Å². The third-order valence-electron chi connectivity index (χ3n) is 4.53. The number of aryl methyl sites for hydroxylation is 1. The van der Waals surface area contributed by atoms with Gasteiger partial charge < -0.3 is 24.3 Å². The smallest absolute Gasteiger partial charge is 0.220 e. The highest BCUT2D eigenvalue weighted by molar-refractivity contribution is 5.76. The van der Waals surface area contributed by atoms with Crippen molar-refractivity contribution in [1.29, 1.82) is 0 Å². The number of hydrogen-bond acceptors (Lipinski definition) is 5. The van der Waals surface area contributed by atoms with Gasteiger partial charge in [0, 0.05) is 6.42 Å². The average molecular weight is 402 g/mol. The van der Waals surface area contributed by atoms with Crippen molar-refractivity contribution in [2.75, 3.05) is 27.4 Å². The van der Waals surface area contributed by atoms with Crippen LogP contribution in [0.5, 0.6) is 23.0 Å². The zero-order chi connectivity index (χ0) is 21.2. The second kappa shape index (κ2) is 11.2. The third kappa shape index (κ3) is 6.31. The standard InChI is InChI=1S/C23H31NO5/c1-6-28-20-12-10-18(15-22(20)29-7-2)16(3)24-23(25)13-9-17-8-11-19(26-4)21(14-17)27-5/h8,10-12,14-16H,6-7,9,13H2,1-5H3,(H,24,25)/t16-/m0/s1. The van der Waals surface area contributed by atoms with E-state index in [-0.39, 0.29) is 11.9 Å². The Bertz CT molecular complexity index is 806. The second-order valence-electron chi connectivity index (χ2n) is 6.55. The van der Waals surface area contributed by atoms with E-state index in [0.29, 0.717) is 49.1 Å². The van der Waals surface area contributed by atoms with Crippen LogP contribution in [0.15, 0.2) is 36.4 Å². The quantitative estimate of drug-likeness (QED) is 0.608. The molecule has 0 fully saturated rings. The van der Waals surface area contributed by atoms with Crippen molar-refractivity contribution in [2.45, 2.75) is 39.7 Å². The Balaban J connectivity index is 1.97. The lowest BCUT2D eigenvalue weighted by Crippen LogP contribution is -2.26. The average Bonchev–Trinajstić information content (AvgIpc) is 2.73. The summed E-state index contributed by atoms with van der Waals surface area (Å²) < 4.78 is 21.8.